The lowest BCUT2D eigenvalue weighted by Gasteiger charge is -2.18. The molecule has 0 aromatic heterocycles. The Kier molecular flexibility index (Phi) is 2.95. The zero-order chi connectivity index (χ0) is 11.9. The second kappa shape index (κ2) is 3.99. The van der Waals surface area contributed by atoms with Crippen LogP contribution in [0.15, 0.2) is 12.1 Å². The van der Waals surface area contributed by atoms with Crippen LogP contribution in [0.2, 0.25) is 5.02 Å². The second-order valence-corrected chi connectivity index (χ2v) is 5.75. The minimum absolute atomic E-state index is 0.0392. The molecule has 0 saturated heterocycles. The summed E-state index contributed by atoms with van der Waals surface area (Å²) in [4.78, 5) is 0. The van der Waals surface area contributed by atoms with E-state index >= 15 is 0 Å². The average molecular weight is 245 g/mol. The van der Waals surface area contributed by atoms with E-state index in [9.17, 15) is 8.78 Å². The van der Waals surface area contributed by atoms with Crippen molar-refractivity contribution in [1.82, 2.24) is 0 Å². The molecule has 1 aromatic rings. The van der Waals surface area contributed by atoms with Crippen LogP contribution in [0.1, 0.15) is 44.6 Å². The molecule has 0 amide bonds. The third-order valence-corrected chi connectivity index (χ3v) is 3.86. The fourth-order valence-corrected chi connectivity index (χ4v) is 2.87. The third kappa shape index (κ3) is 2.08. The normalized spacial score (nSPS) is 23.7. The van der Waals surface area contributed by atoms with Gasteiger partial charge < -0.3 is 0 Å². The maximum atomic E-state index is 13.3. The predicted molar refractivity (Wildman–Crippen MR) is 61.7 cm³/mol. The summed E-state index contributed by atoms with van der Waals surface area (Å²) in [7, 11) is 0. The molecule has 1 aliphatic rings. The number of hydrogen-bond donors (Lipinski definition) is 0. The first-order valence-corrected chi connectivity index (χ1v) is 5.92. The molecule has 1 aliphatic carbocycles. The monoisotopic (exact) mass is 244 g/mol. The van der Waals surface area contributed by atoms with Gasteiger partial charge in [0.05, 0.1) is 5.02 Å². The highest BCUT2D eigenvalue weighted by atomic mass is 35.5. The predicted octanol–water partition coefficient (Wildman–Crippen LogP) is 4.91. The molecular formula is C13H15ClF2. The lowest BCUT2D eigenvalue weighted by atomic mass is 9.88. The van der Waals surface area contributed by atoms with Crippen LogP contribution in [0.5, 0.6) is 0 Å². The molecule has 3 heteroatoms. The number of halogens is 3. The molecule has 2 rings (SSSR count). The van der Waals surface area contributed by atoms with Crippen molar-refractivity contribution < 1.29 is 8.78 Å². The standard InChI is InChI=1S/C13H15ClF2/c1-13(2)6-5-8(7-13)9-3-4-10(15)12(16)11(9)14/h3-4,8H,5-7H2,1-2H3/t8-/m1/s1. The molecule has 0 aliphatic heterocycles. The van der Waals surface area contributed by atoms with E-state index in [1.54, 1.807) is 6.07 Å². The number of benzene rings is 1. The molecular weight excluding hydrogens is 230 g/mol. The van der Waals surface area contributed by atoms with Gasteiger partial charge in [-0.05, 0) is 42.2 Å². The van der Waals surface area contributed by atoms with Crippen molar-refractivity contribution in [3.8, 4) is 0 Å². The Balaban J connectivity index is 2.32. The van der Waals surface area contributed by atoms with E-state index in [2.05, 4.69) is 13.8 Å². The van der Waals surface area contributed by atoms with E-state index in [0.717, 1.165) is 24.8 Å². The maximum absolute atomic E-state index is 13.3. The Labute approximate surface area is 99.6 Å². The molecule has 16 heavy (non-hydrogen) atoms. The fraction of sp³-hybridized carbons (Fsp3) is 0.538. The molecule has 1 saturated carbocycles. The van der Waals surface area contributed by atoms with Gasteiger partial charge in [-0.3, -0.25) is 0 Å². The van der Waals surface area contributed by atoms with Crippen molar-refractivity contribution in [1.29, 1.82) is 0 Å². The van der Waals surface area contributed by atoms with Gasteiger partial charge in [-0.15, -0.1) is 0 Å². The van der Waals surface area contributed by atoms with E-state index in [4.69, 9.17) is 11.6 Å². The minimum atomic E-state index is -0.913. The average Bonchev–Trinajstić information content (AvgIpc) is 2.55. The molecule has 0 heterocycles. The highest BCUT2D eigenvalue weighted by molar-refractivity contribution is 6.31. The maximum Gasteiger partial charge on any atom is 0.177 e. The summed E-state index contributed by atoms with van der Waals surface area (Å²) in [5.74, 6) is -1.52. The van der Waals surface area contributed by atoms with Gasteiger partial charge in [0.15, 0.2) is 11.6 Å². The van der Waals surface area contributed by atoms with Crippen molar-refractivity contribution >= 4 is 11.6 Å². The summed E-state index contributed by atoms with van der Waals surface area (Å²) in [6.07, 6.45) is 3.09. The van der Waals surface area contributed by atoms with Crippen LogP contribution in [-0.4, -0.2) is 0 Å². The molecule has 0 nitrogen and oxygen atoms in total. The van der Waals surface area contributed by atoms with Gasteiger partial charge in [0.2, 0.25) is 0 Å². The first-order valence-electron chi connectivity index (χ1n) is 5.54. The lowest BCUT2D eigenvalue weighted by Crippen LogP contribution is -2.05. The van der Waals surface area contributed by atoms with Crippen LogP contribution in [0, 0.1) is 17.0 Å². The van der Waals surface area contributed by atoms with Gasteiger partial charge in [-0.2, -0.15) is 0 Å². The Hall–Kier alpha value is -0.630. The molecule has 0 spiro atoms. The van der Waals surface area contributed by atoms with E-state index in [-0.39, 0.29) is 16.4 Å². The summed E-state index contributed by atoms with van der Waals surface area (Å²) in [5.41, 5.74) is 1.03. The van der Waals surface area contributed by atoms with Gasteiger partial charge in [-0.1, -0.05) is 31.5 Å². The quantitative estimate of drug-likeness (QED) is 0.616. The Morgan fingerprint density at radius 2 is 2.00 bits per heavy atom. The van der Waals surface area contributed by atoms with Gasteiger partial charge in [0, 0.05) is 0 Å². The molecule has 0 unspecified atom stereocenters. The zero-order valence-corrected chi connectivity index (χ0v) is 10.2. The van der Waals surface area contributed by atoms with E-state index < -0.39 is 11.6 Å². The molecule has 1 fully saturated rings. The fourth-order valence-electron chi connectivity index (χ4n) is 2.56. The largest absolute Gasteiger partial charge is 0.204 e. The Morgan fingerprint density at radius 1 is 1.31 bits per heavy atom. The molecule has 0 N–H and O–H groups in total. The van der Waals surface area contributed by atoms with Gasteiger partial charge in [-0.25, -0.2) is 8.78 Å². The SMILES string of the molecule is CC1(C)CC[C@@H](c2ccc(F)c(F)c2Cl)C1. The summed E-state index contributed by atoms with van der Waals surface area (Å²) in [6, 6.07) is 2.79. The first kappa shape index (κ1) is 11.8. The summed E-state index contributed by atoms with van der Waals surface area (Å²) >= 11 is 5.86. The smallest absolute Gasteiger partial charge is 0.177 e. The van der Waals surface area contributed by atoms with Crippen molar-refractivity contribution in [2.24, 2.45) is 5.41 Å². The summed E-state index contributed by atoms with van der Waals surface area (Å²) in [5, 5.41) is -0.0392. The van der Waals surface area contributed by atoms with Crippen LogP contribution in [0.4, 0.5) is 8.78 Å². The Bertz CT molecular complexity index is 413. The van der Waals surface area contributed by atoms with Gasteiger partial charge in [0.25, 0.3) is 0 Å². The number of rotatable bonds is 1. The van der Waals surface area contributed by atoms with E-state index in [0.29, 0.717) is 0 Å². The summed E-state index contributed by atoms with van der Waals surface area (Å²) < 4.78 is 26.3. The highest BCUT2D eigenvalue weighted by Gasteiger charge is 2.33. The number of hydrogen-bond acceptors (Lipinski definition) is 0. The van der Waals surface area contributed by atoms with Crippen LogP contribution >= 0.6 is 11.6 Å². The van der Waals surface area contributed by atoms with Crippen LogP contribution in [-0.2, 0) is 0 Å². The molecule has 1 atom stereocenters. The lowest BCUT2D eigenvalue weighted by molar-refractivity contribution is 0.376. The van der Waals surface area contributed by atoms with Crippen LogP contribution in [0.25, 0.3) is 0 Å². The molecule has 0 bridgehead atoms. The molecule has 88 valence electrons. The van der Waals surface area contributed by atoms with Crippen molar-refractivity contribution in [2.75, 3.05) is 0 Å². The first-order chi connectivity index (χ1) is 7.41. The third-order valence-electron chi connectivity index (χ3n) is 3.47. The van der Waals surface area contributed by atoms with Gasteiger partial charge in [0.1, 0.15) is 0 Å². The van der Waals surface area contributed by atoms with Gasteiger partial charge >= 0.3 is 0 Å². The van der Waals surface area contributed by atoms with Crippen molar-refractivity contribution in [3.63, 3.8) is 0 Å². The Morgan fingerprint density at radius 3 is 2.56 bits per heavy atom. The zero-order valence-electron chi connectivity index (χ0n) is 9.49. The second-order valence-electron chi connectivity index (χ2n) is 5.37. The van der Waals surface area contributed by atoms with Crippen molar-refractivity contribution in [3.05, 3.63) is 34.4 Å². The molecule has 1 aromatic carbocycles. The topological polar surface area (TPSA) is 0 Å². The van der Waals surface area contributed by atoms with E-state index in [1.807, 2.05) is 0 Å². The van der Waals surface area contributed by atoms with Crippen LogP contribution in [0.3, 0.4) is 0 Å². The molecule has 0 radical (unpaired) electrons. The highest BCUT2D eigenvalue weighted by Crippen LogP contribution is 2.47. The van der Waals surface area contributed by atoms with E-state index in [1.165, 1.54) is 6.07 Å². The summed E-state index contributed by atoms with van der Waals surface area (Å²) in [6.45, 7) is 4.39. The van der Waals surface area contributed by atoms with Crippen LogP contribution < -0.4 is 0 Å². The van der Waals surface area contributed by atoms with Crippen molar-refractivity contribution in [2.45, 2.75) is 39.0 Å². The minimum Gasteiger partial charge on any atom is -0.204 e.